The quantitative estimate of drug-likeness (QED) is 0.617. The number of ether oxygens (including phenoxy) is 1. The third-order valence-electron chi connectivity index (χ3n) is 4.95. The molecule has 6 nitrogen and oxygen atoms in total. The number of nitrogens with zero attached hydrogens (tertiary/aromatic N) is 1. The largest absolute Gasteiger partial charge is 0.490 e. The molecule has 1 aliphatic rings. The molecule has 1 heterocycles. The first-order valence-corrected chi connectivity index (χ1v) is 11.7. The number of hydrogen-bond acceptors (Lipinski definition) is 4. The van der Waals surface area contributed by atoms with Gasteiger partial charge in [0.1, 0.15) is 12.4 Å². The predicted octanol–water partition coefficient (Wildman–Crippen LogP) is 4.09. The van der Waals surface area contributed by atoms with Gasteiger partial charge in [-0.25, -0.2) is 12.7 Å². The molecular formula is C22H25ClN2O4S. The number of carbonyl (C=O) groups excluding carboxylic acids is 1. The highest BCUT2D eigenvalue weighted by atomic mass is 35.5. The lowest BCUT2D eigenvalue weighted by atomic mass is 9.97. The molecule has 0 saturated carbocycles. The number of rotatable bonds is 8. The first kappa shape index (κ1) is 22.3. The Morgan fingerprint density at radius 3 is 2.53 bits per heavy atom. The van der Waals surface area contributed by atoms with Crippen molar-refractivity contribution in [2.75, 3.05) is 25.0 Å². The molecule has 160 valence electrons. The van der Waals surface area contributed by atoms with Gasteiger partial charge < -0.3 is 10.1 Å². The van der Waals surface area contributed by atoms with Crippen molar-refractivity contribution in [1.29, 1.82) is 0 Å². The van der Waals surface area contributed by atoms with Gasteiger partial charge in [0.2, 0.25) is 15.9 Å². The Morgan fingerprint density at radius 2 is 1.90 bits per heavy atom. The molecule has 0 spiro atoms. The van der Waals surface area contributed by atoms with Gasteiger partial charge in [-0.2, -0.15) is 0 Å². The topological polar surface area (TPSA) is 75.7 Å². The van der Waals surface area contributed by atoms with E-state index in [4.69, 9.17) is 16.3 Å². The smallest absolute Gasteiger partial charge is 0.227 e. The number of carbonyl (C=O) groups is 1. The van der Waals surface area contributed by atoms with Gasteiger partial charge in [0, 0.05) is 29.7 Å². The van der Waals surface area contributed by atoms with Gasteiger partial charge in [-0.3, -0.25) is 4.79 Å². The van der Waals surface area contributed by atoms with Gasteiger partial charge >= 0.3 is 0 Å². The Morgan fingerprint density at radius 1 is 1.20 bits per heavy atom. The molecule has 0 unspecified atom stereocenters. The maximum atomic E-state index is 12.7. The lowest BCUT2D eigenvalue weighted by molar-refractivity contribution is -0.120. The molecule has 1 fully saturated rings. The van der Waals surface area contributed by atoms with Crippen LogP contribution in [-0.4, -0.2) is 38.3 Å². The van der Waals surface area contributed by atoms with Gasteiger partial charge in [0.25, 0.3) is 0 Å². The lowest BCUT2D eigenvalue weighted by Gasteiger charge is -2.30. The monoisotopic (exact) mass is 448 g/mol. The summed E-state index contributed by atoms with van der Waals surface area (Å²) in [6.07, 6.45) is 2.64. The number of nitrogens with one attached hydrogen (secondary N) is 1. The van der Waals surface area contributed by atoms with E-state index in [9.17, 15) is 13.2 Å². The predicted molar refractivity (Wildman–Crippen MR) is 119 cm³/mol. The van der Waals surface area contributed by atoms with Crippen molar-refractivity contribution in [3.05, 3.63) is 71.8 Å². The highest BCUT2D eigenvalue weighted by molar-refractivity contribution is 7.88. The maximum Gasteiger partial charge on any atom is 0.227 e. The van der Waals surface area contributed by atoms with E-state index >= 15 is 0 Å². The molecule has 8 heteroatoms. The van der Waals surface area contributed by atoms with Crippen LogP contribution in [-0.2, 0) is 20.6 Å². The first-order valence-electron chi connectivity index (χ1n) is 9.74. The van der Waals surface area contributed by atoms with Gasteiger partial charge in [-0.05, 0) is 54.8 Å². The van der Waals surface area contributed by atoms with Gasteiger partial charge in [0.05, 0.1) is 5.75 Å². The molecule has 0 aromatic heterocycles. The van der Waals surface area contributed by atoms with E-state index in [1.54, 1.807) is 54.6 Å². The number of anilines is 1. The Balaban J connectivity index is 1.51. The average Bonchev–Trinajstić information content (AvgIpc) is 2.73. The number of amides is 1. The molecule has 1 saturated heterocycles. The van der Waals surface area contributed by atoms with E-state index in [0.29, 0.717) is 54.6 Å². The number of halogens is 1. The van der Waals surface area contributed by atoms with Crippen LogP contribution in [0.2, 0.25) is 5.02 Å². The molecule has 3 rings (SSSR count). The van der Waals surface area contributed by atoms with Crippen LogP contribution >= 0.6 is 11.6 Å². The lowest BCUT2D eigenvalue weighted by Crippen LogP contribution is -2.41. The summed E-state index contributed by atoms with van der Waals surface area (Å²) in [7, 11) is -3.45. The summed E-state index contributed by atoms with van der Waals surface area (Å²) in [5, 5.41) is 3.41. The fourth-order valence-electron chi connectivity index (χ4n) is 3.36. The standard InChI is InChI=1S/C22H25ClN2O4S/c1-2-14-29-21-8-6-20(7-9-21)24-22(26)18-10-12-25(13-11-18)30(27,28)16-17-4-3-5-19(23)15-17/h2-9,15,18H,1,10-14,16H2,(H,24,26). The second-order valence-corrected chi connectivity index (χ2v) is 9.58. The van der Waals surface area contributed by atoms with Crippen LogP contribution < -0.4 is 10.1 Å². The fourth-order valence-corrected chi connectivity index (χ4v) is 5.12. The van der Waals surface area contributed by atoms with Crippen LogP contribution in [0.1, 0.15) is 18.4 Å². The van der Waals surface area contributed by atoms with Gasteiger partial charge in [0.15, 0.2) is 0 Å². The fraction of sp³-hybridized carbons (Fsp3) is 0.318. The van der Waals surface area contributed by atoms with Crippen molar-refractivity contribution >= 4 is 33.2 Å². The average molecular weight is 449 g/mol. The molecule has 2 aromatic carbocycles. The van der Waals surface area contributed by atoms with E-state index in [2.05, 4.69) is 11.9 Å². The zero-order chi connectivity index (χ0) is 21.6. The van der Waals surface area contributed by atoms with Crippen molar-refractivity contribution in [2.24, 2.45) is 5.92 Å². The third kappa shape index (κ3) is 6.08. The summed E-state index contributed by atoms with van der Waals surface area (Å²) in [4.78, 5) is 12.6. The SMILES string of the molecule is C=CCOc1ccc(NC(=O)C2CCN(S(=O)(=O)Cc3cccc(Cl)c3)CC2)cc1. The van der Waals surface area contributed by atoms with Crippen LogP contribution in [0.5, 0.6) is 5.75 Å². The van der Waals surface area contributed by atoms with Crippen molar-refractivity contribution in [1.82, 2.24) is 4.31 Å². The van der Waals surface area contributed by atoms with Crippen LogP contribution in [0, 0.1) is 5.92 Å². The molecule has 1 amide bonds. The van der Waals surface area contributed by atoms with E-state index in [1.807, 2.05) is 0 Å². The van der Waals surface area contributed by atoms with E-state index < -0.39 is 10.0 Å². The molecule has 0 bridgehead atoms. The van der Waals surface area contributed by atoms with E-state index in [-0.39, 0.29) is 17.6 Å². The van der Waals surface area contributed by atoms with Crippen LogP contribution in [0.15, 0.2) is 61.2 Å². The van der Waals surface area contributed by atoms with Crippen molar-refractivity contribution in [2.45, 2.75) is 18.6 Å². The van der Waals surface area contributed by atoms with Crippen LogP contribution in [0.4, 0.5) is 5.69 Å². The third-order valence-corrected chi connectivity index (χ3v) is 7.03. The van der Waals surface area contributed by atoms with Gasteiger partial charge in [-0.15, -0.1) is 0 Å². The summed E-state index contributed by atoms with van der Waals surface area (Å²) in [6, 6.07) is 14.0. The van der Waals surface area contributed by atoms with Crippen LogP contribution in [0.3, 0.4) is 0 Å². The summed E-state index contributed by atoms with van der Waals surface area (Å²) >= 11 is 5.95. The minimum atomic E-state index is -3.45. The summed E-state index contributed by atoms with van der Waals surface area (Å²) in [6.45, 7) is 4.68. The highest BCUT2D eigenvalue weighted by Gasteiger charge is 2.31. The zero-order valence-electron chi connectivity index (χ0n) is 16.6. The molecule has 0 radical (unpaired) electrons. The molecule has 30 heavy (non-hydrogen) atoms. The van der Waals surface area contributed by atoms with Crippen molar-refractivity contribution in [3.63, 3.8) is 0 Å². The number of piperidine rings is 1. The second-order valence-electron chi connectivity index (χ2n) is 7.17. The minimum absolute atomic E-state index is 0.0926. The molecule has 0 aliphatic carbocycles. The Bertz CT molecular complexity index is 984. The number of hydrogen-bond donors (Lipinski definition) is 1. The summed E-state index contributed by atoms with van der Waals surface area (Å²) in [5.41, 5.74) is 1.34. The highest BCUT2D eigenvalue weighted by Crippen LogP contribution is 2.24. The number of benzene rings is 2. The minimum Gasteiger partial charge on any atom is -0.490 e. The van der Waals surface area contributed by atoms with Crippen molar-refractivity contribution in [3.8, 4) is 5.75 Å². The van der Waals surface area contributed by atoms with Gasteiger partial charge in [-0.1, -0.05) is 36.4 Å². The molecule has 1 aliphatic heterocycles. The first-order chi connectivity index (χ1) is 14.4. The molecule has 1 N–H and O–H groups in total. The number of sulfonamides is 1. The van der Waals surface area contributed by atoms with Crippen LogP contribution in [0.25, 0.3) is 0 Å². The van der Waals surface area contributed by atoms with E-state index in [1.165, 1.54) is 4.31 Å². The zero-order valence-corrected chi connectivity index (χ0v) is 18.2. The van der Waals surface area contributed by atoms with E-state index in [0.717, 1.165) is 0 Å². The Kier molecular flexibility index (Phi) is 7.53. The molecule has 2 aromatic rings. The normalized spacial score (nSPS) is 15.5. The molecule has 0 atom stereocenters. The molecular weight excluding hydrogens is 424 g/mol. The maximum absolute atomic E-state index is 12.7. The van der Waals surface area contributed by atoms with Crippen molar-refractivity contribution < 1.29 is 17.9 Å². The second kappa shape index (κ2) is 10.1. The Labute approximate surface area is 182 Å². The Hall–Kier alpha value is -2.35. The summed E-state index contributed by atoms with van der Waals surface area (Å²) < 4.78 is 32.3. The summed E-state index contributed by atoms with van der Waals surface area (Å²) in [5.74, 6) is 0.289.